The van der Waals surface area contributed by atoms with E-state index in [1.54, 1.807) is 0 Å². The molecular weight excluding hydrogens is 236 g/mol. The monoisotopic (exact) mass is 260 g/mol. The molecule has 0 bridgehead atoms. The molecule has 0 spiro atoms. The Morgan fingerprint density at radius 3 is 2.74 bits per heavy atom. The summed E-state index contributed by atoms with van der Waals surface area (Å²) < 4.78 is 2.16. The van der Waals surface area contributed by atoms with E-state index < -0.39 is 0 Å². The summed E-state index contributed by atoms with van der Waals surface area (Å²) in [7, 11) is 2.09. The number of anilines is 1. The van der Waals surface area contributed by atoms with Crippen LogP contribution in [0.3, 0.4) is 0 Å². The van der Waals surface area contributed by atoms with Gasteiger partial charge in [0.1, 0.15) is 5.65 Å². The maximum Gasteiger partial charge on any atom is 0.151 e. The van der Waals surface area contributed by atoms with E-state index in [-0.39, 0.29) is 6.04 Å². The van der Waals surface area contributed by atoms with Gasteiger partial charge in [0.25, 0.3) is 0 Å². The molecule has 1 atom stereocenters. The molecule has 2 rings (SSSR count). The van der Waals surface area contributed by atoms with Crippen molar-refractivity contribution >= 4 is 11.5 Å². The summed E-state index contributed by atoms with van der Waals surface area (Å²) in [5, 5.41) is 0. The van der Waals surface area contributed by atoms with Gasteiger partial charge in [0.05, 0.1) is 5.69 Å². The highest BCUT2D eigenvalue weighted by Crippen LogP contribution is 2.23. The number of nitrogens with zero attached hydrogens (tertiary/aromatic N) is 3. The molecule has 104 valence electrons. The van der Waals surface area contributed by atoms with Crippen molar-refractivity contribution in [1.29, 1.82) is 0 Å². The number of imidazole rings is 1. The number of hydrogen-bond acceptors (Lipinski definition) is 3. The standard InChI is InChI=1S/C15H24N4/c1-5-12(16)10-13-15(18(4)11(2)3)17-14-8-6-7-9-19(13)14/h6-9,11-12H,5,10,16H2,1-4H3. The van der Waals surface area contributed by atoms with Gasteiger partial charge in [0, 0.05) is 31.7 Å². The van der Waals surface area contributed by atoms with Crippen molar-refractivity contribution in [3.63, 3.8) is 0 Å². The predicted octanol–water partition coefficient (Wildman–Crippen LogP) is 2.46. The third-order valence-electron chi connectivity index (χ3n) is 3.70. The van der Waals surface area contributed by atoms with E-state index in [0.29, 0.717) is 6.04 Å². The maximum absolute atomic E-state index is 6.14. The van der Waals surface area contributed by atoms with Crippen LogP contribution < -0.4 is 10.6 Å². The number of aromatic nitrogens is 2. The average molecular weight is 260 g/mol. The van der Waals surface area contributed by atoms with Gasteiger partial charge in [-0.2, -0.15) is 0 Å². The molecule has 0 aliphatic rings. The van der Waals surface area contributed by atoms with Gasteiger partial charge in [-0.05, 0) is 32.4 Å². The molecule has 19 heavy (non-hydrogen) atoms. The highest BCUT2D eigenvalue weighted by molar-refractivity contribution is 5.56. The highest BCUT2D eigenvalue weighted by atomic mass is 15.2. The topological polar surface area (TPSA) is 46.6 Å². The quantitative estimate of drug-likeness (QED) is 0.898. The summed E-state index contributed by atoms with van der Waals surface area (Å²) in [6.45, 7) is 6.47. The van der Waals surface area contributed by atoms with E-state index in [4.69, 9.17) is 10.7 Å². The molecule has 2 N–H and O–H groups in total. The Morgan fingerprint density at radius 1 is 1.37 bits per heavy atom. The number of hydrogen-bond donors (Lipinski definition) is 1. The van der Waals surface area contributed by atoms with Gasteiger partial charge < -0.3 is 15.0 Å². The van der Waals surface area contributed by atoms with E-state index in [1.807, 2.05) is 18.2 Å². The summed E-state index contributed by atoms with van der Waals surface area (Å²) in [6, 6.07) is 6.69. The summed E-state index contributed by atoms with van der Waals surface area (Å²) in [5.41, 5.74) is 8.34. The van der Waals surface area contributed by atoms with E-state index >= 15 is 0 Å². The first kappa shape index (κ1) is 13.9. The molecule has 1 unspecified atom stereocenters. The first-order chi connectivity index (χ1) is 9.04. The Labute approximate surface area is 115 Å². The van der Waals surface area contributed by atoms with Crippen LogP contribution in [0.4, 0.5) is 5.82 Å². The second kappa shape index (κ2) is 5.61. The molecule has 0 fully saturated rings. The lowest BCUT2D eigenvalue weighted by Gasteiger charge is -2.23. The van der Waals surface area contributed by atoms with E-state index in [2.05, 4.69) is 43.3 Å². The van der Waals surface area contributed by atoms with Crippen LogP contribution in [-0.4, -0.2) is 28.5 Å². The maximum atomic E-state index is 6.14. The Balaban J connectivity index is 2.51. The number of fused-ring (bicyclic) bond motifs is 1. The lowest BCUT2D eigenvalue weighted by atomic mass is 10.1. The molecule has 4 heteroatoms. The fourth-order valence-electron chi connectivity index (χ4n) is 2.14. The summed E-state index contributed by atoms with van der Waals surface area (Å²) >= 11 is 0. The number of rotatable bonds is 5. The molecule has 2 aromatic heterocycles. The molecule has 0 aliphatic heterocycles. The SMILES string of the molecule is CCC(N)Cc1c(N(C)C(C)C)nc2ccccn12. The van der Waals surface area contributed by atoms with Crippen molar-refractivity contribution in [2.45, 2.75) is 45.7 Å². The summed E-state index contributed by atoms with van der Waals surface area (Å²) in [6.07, 6.45) is 3.90. The smallest absolute Gasteiger partial charge is 0.151 e. The highest BCUT2D eigenvalue weighted by Gasteiger charge is 2.18. The minimum Gasteiger partial charge on any atom is -0.356 e. The molecule has 0 saturated heterocycles. The summed E-state index contributed by atoms with van der Waals surface area (Å²) in [4.78, 5) is 6.97. The number of nitrogens with two attached hydrogens (primary N) is 1. The molecule has 0 radical (unpaired) electrons. The van der Waals surface area contributed by atoms with Crippen LogP contribution in [0.25, 0.3) is 5.65 Å². The largest absolute Gasteiger partial charge is 0.356 e. The van der Waals surface area contributed by atoms with Crippen molar-refractivity contribution in [3.05, 3.63) is 30.1 Å². The minimum atomic E-state index is 0.180. The van der Waals surface area contributed by atoms with E-state index in [9.17, 15) is 0 Å². The normalized spacial score (nSPS) is 13.2. The van der Waals surface area contributed by atoms with E-state index in [1.165, 1.54) is 5.69 Å². The second-order valence-electron chi connectivity index (χ2n) is 5.39. The summed E-state index contributed by atoms with van der Waals surface area (Å²) in [5.74, 6) is 1.05. The predicted molar refractivity (Wildman–Crippen MR) is 80.7 cm³/mol. The van der Waals surface area contributed by atoms with Gasteiger partial charge in [-0.15, -0.1) is 0 Å². The van der Waals surface area contributed by atoms with Crippen LogP contribution in [0.1, 0.15) is 32.9 Å². The molecule has 2 heterocycles. The molecular formula is C15H24N4. The van der Waals surface area contributed by atoms with Crippen molar-refractivity contribution in [3.8, 4) is 0 Å². The minimum absolute atomic E-state index is 0.180. The van der Waals surface area contributed by atoms with Crippen LogP contribution >= 0.6 is 0 Å². The lowest BCUT2D eigenvalue weighted by Crippen LogP contribution is -2.29. The van der Waals surface area contributed by atoms with Crippen LogP contribution in [-0.2, 0) is 6.42 Å². The van der Waals surface area contributed by atoms with Gasteiger partial charge in [-0.25, -0.2) is 4.98 Å². The molecule has 0 aliphatic carbocycles. The van der Waals surface area contributed by atoms with Crippen LogP contribution in [0.5, 0.6) is 0 Å². The lowest BCUT2D eigenvalue weighted by molar-refractivity contribution is 0.629. The Kier molecular flexibility index (Phi) is 4.10. The number of pyridine rings is 1. The van der Waals surface area contributed by atoms with Crippen molar-refractivity contribution in [2.75, 3.05) is 11.9 Å². The second-order valence-corrected chi connectivity index (χ2v) is 5.39. The van der Waals surface area contributed by atoms with Crippen molar-refractivity contribution in [1.82, 2.24) is 9.38 Å². The average Bonchev–Trinajstić information content (AvgIpc) is 2.76. The first-order valence-corrected chi connectivity index (χ1v) is 6.99. The molecule has 0 amide bonds. The Morgan fingerprint density at radius 2 is 2.11 bits per heavy atom. The molecule has 2 aromatic rings. The van der Waals surface area contributed by atoms with Crippen LogP contribution in [0, 0.1) is 0 Å². The molecule has 4 nitrogen and oxygen atoms in total. The van der Waals surface area contributed by atoms with Gasteiger partial charge in [-0.3, -0.25) is 0 Å². The Hall–Kier alpha value is -1.55. The zero-order valence-electron chi connectivity index (χ0n) is 12.3. The van der Waals surface area contributed by atoms with Gasteiger partial charge in [-0.1, -0.05) is 13.0 Å². The van der Waals surface area contributed by atoms with Crippen molar-refractivity contribution < 1.29 is 0 Å². The van der Waals surface area contributed by atoms with Gasteiger partial charge in [0.15, 0.2) is 5.82 Å². The van der Waals surface area contributed by atoms with Crippen LogP contribution in [0.15, 0.2) is 24.4 Å². The third-order valence-corrected chi connectivity index (χ3v) is 3.70. The van der Waals surface area contributed by atoms with E-state index in [0.717, 1.165) is 24.3 Å². The Bertz CT molecular complexity index is 544. The third kappa shape index (κ3) is 2.73. The first-order valence-electron chi connectivity index (χ1n) is 6.99. The van der Waals surface area contributed by atoms with Gasteiger partial charge >= 0.3 is 0 Å². The zero-order chi connectivity index (χ0) is 14.0. The fourth-order valence-corrected chi connectivity index (χ4v) is 2.14. The fraction of sp³-hybridized carbons (Fsp3) is 0.533. The van der Waals surface area contributed by atoms with Crippen molar-refractivity contribution in [2.24, 2.45) is 5.73 Å². The zero-order valence-corrected chi connectivity index (χ0v) is 12.3. The molecule has 0 aromatic carbocycles. The molecule has 0 saturated carbocycles. The van der Waals surface area contributed by atoms with Gasteiger partial charge in [0.2, 0.25) is 0 Å². The van der Waals surface area contributed by atoms with Crippen LogP contribution in [0.2, 0.25) is 0 Å².